The van der Waals surface area contributed by atoms with Gasteiger partial charge in [0.1, 0.15) is 6.54 Å². The van der Waals surface area contributed by atoms with Gasteiger partial charge in [-0.3, -0.25) is 9.10 Å². The summed E-state index contributed by atoms with van der Waals surface area (Å²) >= 11 is 0. The molecule has 1 fully saturated rings. The Bertz CT molecular complexity index is 959. The summed E-state index contributed by atoms with van der Waals surface area (Å²) in [5.41, 5.74) is 2.63. The number of carbonyl (C=O) groups is 1. The Morgan fingerprint density at radius 1 is 1.03 bits per heavy atom. The Kier molecular flexibility index (Phi) is 6.86. The summed E-state index contributed by atoms with van der Waals surface area (Å²) in [5.74, 6) is 0.800. The van der Waals surface area contributed by atoms with Crippen LogP contribution in [0.15, 0.2) is 53.4 Å². The molecule has 3 rings (SSSR count). The van der Waals surface area contributed by atoms with Crippen LogP contribution in [0.3, 0.4) is 0 Å². The molecule has 0 atom stereocenters. The molecule has 6 heteroatoms. The highest BCUT2D eigenvalue weighted by atomic mass is 32.2. The highest BCUT2D eigenvalue weighted by molar-refractivity contribution is 7.92. The molecule has 1 amide bonds. The van der Waals surface area contributed by atoms with E-state index >= 15 is 0 Å². The molecule has 30 heavy (non-hydrogen) atoms. The largest absolute Gasteiger partial charge is 0.341 e. The molecular weight excluding hydrogens is 396 g/mol. The maximum Gasteiger partial charge on any atom is 0.264 e. The van der Waals surface area contributed by atoms with Gasteiger partial charge in [-0.2, -0.15) is 0 Å². The topological polar surface area (TPSA) is 57.7 Å². The van der Waals surface area contributed by atoms with E-state index in [1.165, 1.54) is 4.31 Å². The van der Waals surface area contributed by atoms with Crippen molar-refractivity contribution in [3.8, 4) is 0 Å². The number of nitrogens with zero attached hydrogens (tertiary/aromatic N) is 2. The van der Waals surface area contributed by atoms with Gasteiger partial charge in [0.15, 0.2) is 0 Å². The molecule has 0 aromatic heterocycles. The zero-order valence-electron chi connectivity index (χ0n) is 18.3. The number of rotatable bonds is 6. The minimum Gasteiger partial charge on any atom is -0.341 e. The fourth-order valence-corrected chi connectivity index (χ4v) is 5.07. The van der Waals surface area contributed by atoms with Crippen molar-refractivity contribution in [2.75, 3.05) is 23.9 Å². The third-order valence-electron chi connectivity index (χ3n) is 5.87. The lowest BCUT2D eigenvalue weighted by molar-refractivity contribution is -0.130. The van der Waals surface area contributed by atoms with Crippen molar-refractivity contribution in [1.29, 1.82) is 0 Å². The second-order valence-corrected chi connectivity index (χ2v) is 10.5. The molecule has 0 saturated carbocycles. The fraction of sp³-hybridized carbons (Fsp3) is 0.458. The fourth-order valence-electron chi connectivity index (χ4n) is 3.66. The van der Waals surface area contributed by atoms with Crippen LogP contribution in [0.1, 0.15) is 50.7 Å². The lowest BCUT2D eigenvalue weighted by atomic mass is 9.99. The summed E-state index contributed by atoms with van der Waals surface area (Å²) in [5, 5.41) is 0. The standard InChI is InChI=1S/C24H32N2O3S/c1-18(2)21-7-9-22(10-8-21)26(17-24(27)25-15-13-20(4)14-16-25)30(28,29)23-11-5-19(3)6-12-23/h5-12,18,20H,13-17H2,1-4H3. The van der Waals surface area contributed by atoms with E-state index in [0.717, 1.165) is 24.0 Å². The Labute approximate surface area is 180 Å². The Morgan fingerprint density at radius 2 is 1.60 bits per heavy atom. The van der Waals surface area contributed by atoms with E-state index in [4.69, 9.17) is 0 Å². The van der Waals surface area contributed by atoms with E-state index < -0.39 is 10.0 Å². The molecule has 1 saturated heterocycles. The van der Waals surface area contributed by atoms with Gasteiger partial charge in [0.2, 0.25) is 5.91 Å². The van der Waals surface area contributed by atoms with Crippen LogP contribution >= 0.6 is 0 Å². The van der Waals surface area contributed by atoms with Gasteiger partial charge in [-0.25, -0.2) is 8.42 Å². The number of piperidine rings is 1. The highest BCUT2D eigenvalue weighted by Crippen LogP contribution is 2.27. The third kappa shape index (κ3) is 5.04. The molecule has 1 aliphatic rings. The van der Waals surface area contributed by atoms with Crippen LogP contribution in [-0.2, 0) is 14.8 Å². The van der Waals surface area contributed by atoms with Gasteiger partial charge >= 0.3 is 0 Å². The van der Waals surface area contributed by atoms with Crippen molar-refractivity contribution >= 4 is 21.6 Å². The van der Waals surface area contributed by atoms with Gasteiger partial charge in [-0.05, 0) is 61.4 Å². The number of likely N-dealkylation sites (tertiary alicyclic amines) is 1. The molecule has 0 spiro atoms. The van der Waals surface area contributed by atoms with Crippen LogP contribution in [0, 0.1) is 12.8 Å². The second kappa shape index (κ2) is 9.21. The van der Waals surface area contributed by atoms with Gasteiger partial charge in [-0.15, -0.1) is 0 Å². The zero-order valence-corrected chi connectivity index (χ0v) is 19.2. The molecule has 5 nitrogen and oxygen atoms in total. The van der Waals surface area contributed by atoms with E-state index in [0.29, 0.717) is 30.6 Å². The van der Waals surface area contributed by atoms with Gasteiger partial charge in [0.05, 0.1) is 10.6 Å². The predicted molar refractivity (Wildman–Crippen MR) is 121 cm³/mol. The molecular formula is C24H32N2O3S. The summed E-state index contributed by atoms with van der Waals surface area (Å²) in [4.78, 5) is 15.0. The van der Waals surface area contributed by atoms with Crippen molar-refractivity contribution in [3.05, 3.63) is 59.7 Å². The lowest BCUT2D eigenvalue weighted by Gasteiger charge is -2.32. The summed E-state index contributed by atoms with van der Waals surface area (Å²) in [7, 11) is -3.86. The molecule has 2 aromatic rings. The van der Waals surface area contributed by atoms with Crippen molar-refractivity contribution in [3.63, 3.8) is 0 Å². The molecule has 0 aliphatic carbocycles. The number of hydrogen-bond acceptors (Lipinski definition) is 3. The monoisotopic (exact) mass is 428 g/mol. The molecule has 2 aromatic carbocycles. The molecule has 1 aliphatic heterocycles. The first-order valence-electron chi connectivity index (χ1n) is 10.7. The summed E-state index contributed by atoms with van der Waals surface area (Å²) in [6.45, 7) is 9.47. The minimum absolute atomic E-state index is 0.148. The van der Waals surface area contributed by atoms with Crippen LogP contribution in [0.5, 0.6) is 0 Å². The Balaban J connectivity index is 1.93. The zero-order chi connectivity index (χ0) is 21.9. The van der Waals surface area contributed by atoms with E-state index in [1.807, 2.05) is 19.1 Å². The van der Waals surface area contributed by atoms with Crippen molar-refractivity contribution in [2.45, 2.75) is 51.3 Å². The molecule has 1 heterocycles. The van der Waals surface area contributed by atoms with Crippen molar-refractivity contribution in [1.82, 2.24) is 4.90 Å². The van der Waals surface area contributed by atoms with Gasteiger partial charge in [0, 0.05) is 13.1 Å². The van der Waals surface area contributed by atoms with Crippen LogP contribution in [0.25, 0.3) is 0 Å². The molecule has 0 unspecified atom stereocenters. The highest BCUT2D eigenvalue weighted by Gasteiger charge is 2.30. The third-order valence-corrected chi connectivity index (χ3v) is 7.66. The number of sulfonamides is 1. The van der Waals surface area contributed by atoms with Gasteiger partial charge in [0.25, 0.3) is 10.0 Å². The first-order valence-corrected chi connectivity index (χ1v) is 12.1. The number of carbonyl (C=O) groups excluding carboxylic acids is 1. The Morgan fingerprint density at radius 3 is 2.13 bits per heavy atom. The number of anilines is 1. The van der Waals surface area contributed by atoms with E-state index in [9.17, 15) is 13.2 Å². The maximum absolute atomic E-state index is 13.5. The van der Waals surface area contributed by atoms with Crippen molar-refractivity contribution in [2.24, 2.45) is 5.92 Å². The molecule has 0 radical (unpaired) electrons. The minimum atomic E-state index is -3.86. The maximum atomic E-state index is 13.5. The second-order valence-electron chi connectivity index (χ2n) is 8.63. The molecule has 0 bridgehead atoms. The van der Waals surface area contributed by atoms with E-state index in [2.05, 4.69) is 20.8 Å². The van der Waals surface area contributed by atoms with Gasteiger partial charge < -0.3 is 4.90 Å². The summed E-state index contributed by atoms with van der Waals surface area (Å²) in [6, 6.07) is 14.2. The van der Waals surface area contributed by atoms with Crippen molar-refractivity contribution < 1.29 is 13.2 Å². The number of hydrogen-bond donors (Lipinski definition) is 0. The van der Waals surface area contributed by atoms with E-state index in [1.54, 1.807) is 41.3 Å². The smallest absolute Gasteiger partial charge is 0.264 e. The predicted octanol–water partition coefficient (Wildman–Crippen LogP) is 4.57. The SMILES string of the molecule is Cc1ccc(S(=O)(=O)N(CC(=O)N2CCC(C)CC2)c2ccc(C(C)C)cc2)cc1. The first-order chi connectivity index (χ1) is 14.2. The van der Waals surface area contributed by atoms with Crippen LogP contribution in [-0.4, -0.2) is 38.9 Å². The van der Waals surface area contributed by atoms with Gasteiger partial charge in [-0.1, -0.05) is 50.6 Å². The normalized spacial score (nSPS) is 15.4. The van der Waals surface area contributed by atoms with Crippen LogP contribution in [0.4, 0.5) is 5.69 Å². The number of aryl methyl sites for hydroxylation is 1. The quantitative estimate of drug-likeness (QED) is 0.677. The molecule has 0 N–H and O–H groups in total. The summed E-state index contributed by atoms with van der Waals surface area (Å²) in [6.07, 6.45) is 1.92. The van der Waals surface area contributed by atoms with Crippen LogP contribution in [0.2, 0.25) is 0 Å². The Hall–Kier alpha value is -2.34. The van der Waals surface area contributed by atoms with Crippen LogP contribution < -0.4 is 4.31 Å². The average Bonchev–Trinajstić information content (AvgIpc) is 2.72. The first kappa shape index (κ1) is 22.3. The summed E-state index contributed by atoms with van der Waals surface area (Å²) < 4.78 is 28.2. The average molecular weight is 429 g/mol. The number of benzene rings is 2. The van der Waals surface area contributed by atoms with E-state index in [-0.39, 0.29) is 17.3 Å². The molecule has 162 valence electrons. The lowest BCUT2D eigenvalue weighted by Crippen LogP contribution is -2.45. The number of amides is 1.